The molecule has 4 atom stereocenters. The number of carbonyl (C=O) groups is 2. The number of nitrogens with zero attached hydrogens (tertiary/aromatic N) is 2. The quantitative estimate of drug-likeness (QED) is 0.177. The lowest BCUT2D eigenvalue weighted by Crippen LogP contribution is -2.49. The number of carbonyl (C=O) groups excluding carboxylic acids is 2. The Bertz CT molecular complexity index is 1630. The van der Waals surface area contributed by atoms with Gasteiger partial charge in [0, 0.05) is 41.3 Å². The van der Waals surface area contributed by atoms with E-state index in [1.807, 2.05) is 78.7 Å². The molecule has 1 aliphatic heterocycles. The Balaban J connectivity index is 1.33. The second-order valence-corrected chi connectivity index (χ2v) is 12.6. The first kappa shape index (κ1) is 33.1. The third kappa shape index (κ3) is 8.12. The van der Waals surface area contributed by atoms with E-state index in [1.165, 1.54) is 7.11 Å². The number of benzene rings is 3. The maximum absolute atomic E-state index is 13.8. The van der Waals surface area contributed by atoms with Gasteiger partial charge in [-0.1, -0.05) is 42.5 Å². The summed E-state index contributed by atoms with van der Waals surface area (Å²) in [5.41, 5.74) is 3.60. The summed E-state index contributed by atoms with van der Waals surface area (Å²) in [4.78, 5) is 34.1. The fourth-order valence-corrected chi connectivity index (χ4v) is 6.74. The molecule has 3 N–H and O–H groups in total. The second kappa shape index (κ2) is 15.4. The molecular formula is C36H42N4O5S. The summed E-state index contributed by atoms with van der Waals surface area (Å²) < 4.78 is 10.9. The largest absolute Gasteiger partial charge is 0.497 e. The number of aromatic nitrogens is 1. The Morgan fingerprint density at radius 1 is 1.02 bits per heavy atom. The average Bonchev–Trinajstić information content (AvgIpc) is 3.75. The number of likely N-dealkylation sites (tertiary alicyclic amines) is 1. The van der Waals surface area contributed by atoms with E-state index >= 15 is 0 Å². The molecule has 0 aliphatic carbocycles. The Morgan fingerprint density at radius 3 is 2.50 bits per heavy atom. The van der Waals surface area contributed by atoms with Crippen molar-refractivity contribution in [1.82, 2.24) is 20.5 Å². The van der Waals surface area contributed by atoms with Gasteiger partial charge < -0.3 is 30.1 Å². The SMILES string of the molecule is COc1cc(C(=O)N[C@@H](Cc2ccccc2)[C@H](O)CN[C@@H](C)c2cccc(OC)c2)cc(C(=O)N2CCCC2c2nc(C)cs2)c1. The summed E-state index contributed by atoms with van der Waals surface area (Å²) in [7, 11) is 3.14. The number of thiazole rings is 1. The molecule has 46 heavy (non-hydrogen) atoms. The van der Waals surface area contributed by atoms with Gasteiger partial charge in [-0.05, 0) is 74.6 Å². The molecule has 0 spiro atoms. The number of hydrogen-bond acceptors (Lipinski definition) is 8. The van der Waals surface area contributed by atoms with Crippen LogP contribution in [0.5, 0.6) is 11.5 Å². The molecule has 0 bridgehead atoms. The van der Waals surface area contributed by atoms with Gasteiger partial charge in [0.15, 0.2) is 0 Å². The minimum atomic E-state index is -0.906. The number of aliphatic hydroxyl groups excluding tert-OH is 1. The molecule has 1 aliphatic rings. The molecule has 2 heterocycles. The lowest BCUT2D eigenvalue weighted by molar-refractivity contribution is 0.0735. The molecule has 1 fully saturated rings. The van der Waals surface area contributed by atoms with Crippen molar-refractivity contribution in [2.75, 3.05) is 27.3 Å². The molecule has 0 radical (unpaired) electrons. The van der Waals surface area contributed by atoms with Gasteiger partial charge >= 0.3 is 0 Å². The molecule has 242 valence electrons. The normalized spacial score (nSPS) is 16.5. The Morgan fingerprint density at radius 2 is 1.78 bits per heavy atom. The highest BCUT2D eigenvalue weighted by molar-refractivity contribution is 7.09. The van der Waals surface area contributed by atoms with Gasteiger partial charge in [-0.25, -0.2) is 4.98 Å². The van der Waals surface area contributed by atoms with Crippen LogP contribution in [-0.4, -0.2) is 66.3 Å². The van der Waals surface area contributed by atoms with E-state index in [9.17, 15) is 14.7 Å². The summed E-state index contributed by atoms with van der Waals surface area (Å²) in [6, 6.07) is 21.6. The monoisotopic (exact) mass is 642 g/mol. The van der Waals surface area contributed by atoms with Gasteiger partial charge in [-0.3, -0.25) is 9.59 Å². The van der Waals surface area contributed by atoms with Crippen LogP contribution in [0, 0.1) is 6.92 Å². The van der Waals surface area contributed by atoms with E-state index < -0.39 is 18.1 Å². The van der Waals surface area contributed by atoms with Crippen molar-refractivity contribution in [1.29, 1.82) is 0 Å². The van der Waals surface area contributed by atoms with E-state index in [0.717, 1.165) is 40.4 Å². The molecule has 1 aromatic heterocycles. The van der Waals surface area contributed by atoms with Crippen molar-refractivity contribution in [2.24, 2.45) is 0 Å². The highest BCUT2D eigenvalue weighted by Crippen LogP contribution is 2.35. The van der Waals surface area contributed by atoms with Gasteiger partial charge in [0.2, 0.25) is 0 Å². The van der Waals surface area contributed by atoms with E-state index in [2.05, 4.69) is 15.6 Å². The Hall–Kier alpha value is -4.25. The van der Waals surface area contributed by atoms with Crippen molar-refractivity contribution in [2.45, 2.75) is 57.3 Å². The Labute approximate surface area is 274 Å². The topological polar surface area (TPSA) is 113 Å². The van der Waals surface area contributed by atoms with E-state index in [0.29, 0.717) is 24.3 Å². The number of amides is 2. The predicted molar refractivity (Wildman–Crippen MR) is 180 cm³/mol. The van der Waals surface area contributed by atoms with Gasteiger partial charge in [-0.2, -0.15) is 0 Å². The smallest absolute Gasteiger partial charge is 0.254 e. The molecule has 3 aromatic carbocycles. The first-order chi connectivity index (χ1) is 22.2. The van der Waals surface area contributed by atoms with Gasteiger partial charge in [0.1, 0.15) is 16.5 Å². The summed E-state index contributed by atoms with van der Waals surface area (Å²) in [5, 5.41) is 20.8. The fourth-order valence-electron chi connectivity index (χ4n) is 5.80. The van der Waals surface area contributed by atoms with Gasteiger partial charge in [0.05, 0.1) is 32.4 Å². The van der Waals surface area contributed by atoms with Crippen molar-refractivity contribution < 1.29 is 24.2 Å². The zero-order valence-electron chi connectivity index (χ0n) is 26.7. The summed E-state index contributed by atoms with van der Waals surface area (Å²) in [6.45, 7) is 4.83. The van der Waals surface area contributed by atoms with Crippen LogP contribution >= 0.6 is 11.3 Å². The third-order valence-electron chi connectivity index (χ3n) is 8.39. The van der Waals surface area contributed by atoms with Crippen LogP contribution in [0.3, 0.4) is 0 Å². The zero-order valence-corrected chi connectivity index (χ0v) is 27.5. The molecule has 0 saturated carbocycles. The Kier molecular flexibility index (Phi) is 11.1. The number of nitrogens with one attached hydrogen (secondary N) is 2. The van der Waals surface area contributed by atoms with Crippen molar-refractivity contribution in [3.8, 4) is 11.5 Å². The highest BCUT2D eigenvalue weighted by atomic mass is 32.1. The summed E-state index contributed by atoms with van der Waals surface area (Å²) in [5.74, 6) is 0.601. The van der Waals surface area contributed by atoms with Gasteiger partial charge in [0.25, 0.3) is 11.8 Å². The van der Waals surface area contributed by atoms with Crippen LogP contribution in [0.25, 0.3) is 0 Å². The van der Waals surface area contributed by atoms with Crippen molar-refractivity contribution in [3.63, 3.8) is 0 Å². The fraction of sp³-hybridized carbons (Fsp3) is 0.361. The first-order valence-corrected chi connectivity index (χ1v) is 16.5. The minimum absolute atomic E-state index is 0.0625. The summed E-state index contributed by atoms with van der Waals surface area (Å²) >= 11 is 1.57. The lowest BCUT2D eigenvalue weighted by atomic mass is 9.99. The number of rotatable bonds is 13. The van der Waals surface area contributed by atoms with Crippen LogP contribution in [0.1, 0.15) is 74.4 Å². The molecule has 9 nitrogen and oxygen atoms in total. The maximum Gasteiger partial charge on any atom is 0.254 e. The molecule has 1 saturated heterocycles. The summed E-state index contributed by atoms with van der Waals surface area (Å²) in [6.07, 6.45) is 1.24. The van der Waals surface area contributed by atoms with Gasteiger partial charge in [-0.15, -0.1) is 11.3 Å². The molecule has 10 heteroatoms. The van der Waals surface area contributed by atoms with E-state index in [4.69, 9.17) is 9.47 Å². The van der Waals surface area contributed by atoms with Crippen molar-refractivity contribution in [3.05, 3.63) is 111 Å². The number of hydrogen-bond donors (Lipinski definition) is 3. The minimum Gasteiger partial charge on any atom is -0.497 e. The molecular weight excluding hydrogens is 600 g/mol. The molecule has 1 unspecified atom stereocenters. The highest BCUT2D eigenvalue weighted by Gasteiger charge is 2.33. The number of ether oxygens (including phenoxy) is 2. The molecule has 2 amide bonds. The van der Waals surface area contributed by atoms with E-state index in [1.54, 1.807) is 36.6 Å². The van der Waals surface area contributed by atoms with Crippen LogP contribution in [-0.2, 0) is 6.42 Å². The maximum atomic E-state index is 13.8. The number of methoxy groups -OCH3 is 2. The molecule has 4 aromatic rings. The third-order valence-corrected chi connectivity index (χ3v) is 9.46. The first-order valence-electron chi connectivity index (χ1n) is 15.6. The van der Waals surface area contributed by atoms with Crippen LogP contribution in [0.15, 0.2) is 78.2 Å². The number of aryl methyl sites for hydroxylation is 1. The predicted octanol–water partition coefficient (Wildman–Crippen LogP) is 5.50. The van der Waals surface area contributed by atoms with Crippen LogP contribution in [0.2, 0.25) is 0 Å². The zero-order chi connectivity index (χ0) is 32.6. The van der Waals surface area contributed by atoms with E-state index in [-0.39, 0.29) is 30.1 Å². The standard InChI is InChI=1S/C36H42N4O5S/c1-23-22-46-35(38-23)32-14-9-15-40(32)36(43)28-17-27(19-30(20-28)45-4)34(42)39-31(16-25-10-6-5-7-11-25)33(41)21-37-24(2)26-12-8-13-29(18-26)44-3/h5-8,10-13,17-20,22,24,31-33,37,41H,9,14-16,21H2,1-4H3,(H,39,42)/t24-,31-,32?,33+/m0/s1. The second-order valence-electron chi connectivity index (χ2n) is 11.7. The molecule has 5 rings (SSSR count). The van der Waals surface area contributed by atoms with Crippen molar-refractivity contribution >= 4 is 23.2 Å². The van der Waals surface area contributed by atoms with Crippen LogP contribution < -0.4 is 20.1 Å². The number of aliphatic hydroxyl groups is 1. The van der Waals surface area contributed by atoms with Crippen LogP contribution in [0.4, 0.5) is 0 Å². The lowest BCUT2D eigenvalue weighted by Gasteiger charge is -2.27. The average molecular weight is 643 g/mol.